The maximum absolute atomic E-state index is 5.82. The van der Waals surface area contributed by atoms with Crippen LogP contribution in [0.15, 0.2) is 30.5 Å². The minimum absolute atomic E-state index is 0.190. The zero-order valence-electron chi connectivity index (χ0n) is 10.7. The van der Waals surface area contributed by atoms with E-state index in [1.165, 1.54) is 0 Å². The molecule has 1 aromatic carbocycles. The van der Waals surface area contributed by atoms with Crippen LogP contribution in [0.4, 0.5) is 0 Å². The molecule has 0 radical (unpaired) electrons. The first-order valence-electron chi connectivity index (χ1n) is 5.61. The van der Waals surface area contributed by atoms with Crippen LogP contribution in [0.3, 0.4) is 0 Å². The van der Waals surface area contributed by atoms with E-state index < -0.39 is 0 Å². The molecule has 0 unspecified atom stereocenters. The van der Waals surface area contributed by atoms with Crippen molar-refractivity contribution in [1.82, 2.24) is 4.98 Å². The predicted molar refractivity (Wildman–Crippen MR) is 68.7 cm³/mol. The number of ether oxygens (including phenoxy) is 2. The summed E-state index contributed by atoms with van der Waals surface area (Å²) in [4.78, 5) is 4.17. The number of methoxy groups -OCH3 is 1. The molecule has 0 N–H and O–H groups in total. The van der Waals surface area contributed by atoms with Crippen molar-refractivity contribution in [2.45, 2.75) is 26.4 Å². The molecular weight excluding hydrogens is 214 g/mol. The highest BCUT2D eigenvalue weighted by atomic mass is 16.5. The summed E-state index contributed by atoms with van der Waals surface area (Å²) < 4.78 is 11.0. The number of benzene rings is 1. The second-order valence-electron chi connectivity index (χ2n) is 4.92. The maximum atomic E-state index is 5.82. The Balaban J connectivity index is 2.45. The van der Waals surface area contributed by atoms with Crippen LogP contribution in [0.1, 0.15) is 20.8 Å². The number of hydrogen-bond donors (Lipinski definition) is 0. The molecule has 0 amide bonds. The molecule has 1 heterocycles. The lowest BCUT2D eigenvalue weighted by molar-refractivity contribution is 0.131. The molecule has 0 fully saturated rings. The lowest BCUT2D eigenvalue weighted by Crippen LogP contribution is -2.22. The summed E-state index contributed by atoms with van der Waals surface area (Å²) in [6, 6.07) is 7.87. The van der Waals surface area contributed by atoms with Crippen LogP contribution in [0.2, 0.25) is 0 Å². The Morgan fingerprint density at radius 3 is 2.53 bits per heavy atom. The quantitative estimate of drug-likeness (QED) is 0.793. The summed E-state index contributed by atoms with van der Waals surface area (Å²) in [5, 5.41) is 2.06. The van der Waals surface area contributed by atoms with E-state index in [1.807, 2.05) is 45.0 Å². The van der Waals surface area contributed by atoms with Crippen molar-refractivity contribution in [3.05, 3.63) is 30.5 Å². The van der Waals surface area contributed by atoms with Crippen LogP contribution in [0.25, 0.3) is 10.8 Å². The first-order chi connectivity index (χ1) is 7.99. The Labute approximate surface area is 101 Å². The van der Waals surface area contributed by atoms with Crippen LogP contribution in [-0.4, -0.2) is 17.7 Å². The van der Waals surface area contributed by atoms with Gasteiger partial charge < -0.3 is 9.47 Å². The standard InChI is InChI=1S/C14H17NO2/c1-14(2,3)17-11-5-6-12-10(9-11)7-8-15-13(12)16-4/h5-9H,1-4H3. The van der Waals surface area contributed by atoms with E-state index in [9.17, 15) is 0 Å². The van der Waals surface area contributed by atoms with E-state index in [2.05, 4.69) is 4.98 Å². The fourth-order valence-corrected chi connectivity index (χ4v) is 1.71. The van der Waals surface area contributed by atoms with Gasteiger partial charge in [0.2, 0.25) is 5.88 Å². The molecular formula is C14H17NO2. The molecule has 3 heteroatoms. The zero-order chi connectivity index (χ0) is 12.5. The lowest BCUT2D eigenvalue weighted by atomic mass is 10.1. The van der Waals surface area contributed by atoms with Crippen molar-refractivity contribution in [3.63, 3.8) is 0 Å². The van der Waals surface area contributed by atoms with Crippen molar-refractivity contribution >= 4 is 10.8 Å². The van der Waals surface area contributed by atoms with Crippen LogP contribution < -0.4 is 9.47 Å². The van der Waals surface area contributed by atoms with Gasteiger partial charge in [0, 0.05) is 11.6 Å². The SMILES string of the molecule is COc1nccc2cc(OC(C)(C)C)ccc12. The molecule has 0 spiro atoms. The van der Waals surface area contributed by atoms with Gasteiger partial charge >= 0.3 is 0 Å². The first kappa shape index (κ1) is 11.7. The maximum Gasteiger partial charge on any atom is 0.221 e. The number of fused-ring (bicyclic) bond motifs is 1. The topological polar surface area (TPSA) is 31.4 Å². The fraction of sp³-hybridized carbons (Fsp3) is 0.357. The van der Waals surface area contributed by atoms with E-state index in [0.29, 0.717) is 5.88 Å². The van der Waals surface area contributed by atoms with Crippen LogP contribution in [-0.2, 0) is 0 Å². The van der Waals surface area contributed by atoms with Crippen LogP contribution in [0.5, 0.6) is 11.6 Å². The van der Waals surface area contributed by atoms with Gasteiger partial charge in [0.05, 0.1) is 7.11 Å². The van der Waals surface area contributed by atoms with Gasteiger partial charge in [-0.2, -0.15) is 0 Å². The molecule has 0 aliphatic carbocycles. The first-order valence-corrected chi connectivity index (χ1v) is 5.61. The largest absolute Gasteiger partial charge is 0.488 e. The van der Waals surface area contributed by atoms with Gasteiger partial charge in [0.15, 0.2) is 0 Å². The monoisotopic (exact) mass is 231 g/mol. The van der Waals surface area contributed by atoms with Crippen molar-refractivity contribution < 1.29 is 9.47 Å². The summed E-state index contributed by atoms with van der Waals surface area (Å²) >= 11 is 0. The second kappa shape index (κ2) is 4.24. The highest BCUT2D eigenvalue weighted by Crippen LogP contribution is 2.28. The average molecular weight is 231 g/mol. The molecule has 0 bridgehead atoms. The molecule has 0 aliphatic heterocycles. The predicted octanol–water partition coefficient (Wildman–Crippen LogP) is 3.42. The van der Waals surface area contributed by atoms with Crippen LogP contribution in [0, 0.1) is 0 Å². The molecule has 90 valence electrons. The molecule has 0 aliphatic rings. The lowest BCUT2D eigenvalue weighted by Gasteiger charge is -2.21. The molecule has 3 nitrogen and oxygen atoms in total. The molecule has 0 atom stereocenters. The summed E-state index contributed by atoms with van der Waals surface area (Å²) in [5.74, 6) is 1.50. The average Bonchev–Trinajstić information content (AvgIpc) is 2.25. The fourth-order valence-electron chi connectivity index (χ4n) is 1.71. The van der Waals surface area contributed by atoms with Crippen LogP contribution >= 0.6 is 0 Å². The number of nitrogens with zero attached hydrogens (tertiary/aromatic N) is 1. The molecule has 0 saturated heterocycles. The molecule has 1 aromatic heterocycles. The molecule has 0 saturated carbocycles. The third-order valence-corrected chi connectivity index (χ3v) is 2.32. The van der Waals surface area contributed by atoms with Gasteiger partial charge in [-0.15, -0.1) is 0 Å². The second-order valence-corrected chi connectivity index (χ2v) is 4.92. The zero-order valence-corrected chi connectivity index (χ0v) is 10.7. The summed E-state index contributed by atoms with van der Waals surface area (Å²) in [7, 11) is 1.63. The number of pyridine rings is 1. The van der Waals surface area contributed by atoms with Crippen molar-refractivity contribution in [2.24, 2.45) is 0 Å². The summed E-state index contributed by atoms with van der Waals surface area (Å²) in [6.07, 6.45) is 1.74. The Morgan fingerprint density at radius 1 is 1.12 bits per heavy atom. The molecule has 2 rings (SSSR count). The third kappa shape index (κ3) is 2.67. The van der Waals surface area contributed by atoms with Gasteiger partial charge in [-0.1, -0.05) is 0 Å². The normalized spacial score (nSPS) is 11.5. The number of rotatable bonds is 2. The number of aromatic nitrogens is 1. The van der Waals surface area contributed by atoms with Gasteiger partial charge in [0.25, 0.3) is 0 Å². The Morgan fingerprint density at radius 2 is 1.88 bits per heavy atom. The van der Waals surface area contributed by atoms with E-state index in [-0.39, 0.29) is 5.60 Å². The smallest absolute Gasteiger partial charge is 0.221 e. The molecule has 2 aromatic rings. The van der Waals surface area contributed by atoms with Gasteiger partial charge in [-0.05, 0) is 50.4 Å². The van der Waals surface area contributed by atoms with Crippen molar-refractivity contribution in [2.75, 3.05) is 7.11 Å². The van der Waals surface area contributed by atoms with Gasteiger partial charge in [0.1, 0.15) is 11.4 Å². The number of hydrogen-bond acceptors (Lipinski definition) is 3. The van der Waals surface area contributed by atoms with Gasteiger partial charge in [-0.25, -0.2) is 4.98 Å². The highest BCUT2D eigenvalue weighted by molar-refractivity contribution is 5.87. The van der Waals surface area contributed by atoms with E-state index in [4.69, 9.17) is 9.47 Å². The minimum atomic E-state index is -0.190. The third-order valence-electron chi connectivity index (χ3n) is 2.32. The van der Waals surface area contributed by atoms with Gasteiger partial charge in [-0.3, -0.25) is 0 Å². The minimum Gasteiger partial charge on any atom is -0.488 e. The van der Waals surface area contributed by atoms with Crippen molar-refractivity contribution in [3.8, 4) is 11.6 Å². The Hall–Kier alpha value is -1.77. The Kier molecular flexibility index (Phi) is 2.92. The summed E-state index contributed by atoms with van der Waals surface area (Å²) in [5.41, 5.74) is -0.190. The van der Waals surface area contributed by atoms with E-state index in [0.717, 1.165) is 16.5 Å². The van der Waals surface area contributed by atoms with E-state index >= 15 is 0 Å². The highest BCUT2D eigenvalue weighted by Gasteiger charge is 2.12. The summed E-state index contributed by atoms with van der Waals surface area (Å²) in [6.45, 7) is 6.10. The molecule has 17 heavy (non-hydrogen) atoms. The Bertz CT molecular complexity index is 529. The van der Waals surface area contributed by atoms with Crippen molar-refractivity contribution in [1.29, 1.82) is 0 Å². The van der Waals surface area contributed by atoms with E-state index in [1.54, 1.807) is 13.3 Å².